The zero-order valence-electron chi connectivity index (χ0n) is 25.3. The molecule has 1 unspecified atom stereocenters. The standard InChI is InChI=1S/C35H43N5O2/c1-23-10-13-27(14-11-23)40-32(36-31(37-40)34(42)39-20-18-35(19-21-39)16-6-7-17-35)26-12-15-29-28(22-26)30(25-8-4-5-9-25)24(2)33(41)38(29)3/h10-15,22,24-25,30H,4-9,16-21H2,1-3H3/t24-,30?/m0/s1. The maximum atomic E-state index is 13.8. The van der Waals surface area contributed by atoms with Crippen molar-refractivity contribution in [3.05, 3.63) is 59.4 Å². The van der Waals surface area contributed by atoms with Crippen LogP contribution >= 0.6 is 0 Å². The normalized spacial score (nSPS) is 24.0. The largest absolute Gasteiger partial charge is 0.336 e. The van der Waals surface area contributed by atoms with Crippen molar-refractivity contribution in [3.8, 4) is 17.1 Å². The molecule has 42 heavy (non-hydrogen) atoms. The molecule has 2 aromatic carbocycles. The molecule has 1 aromatic heterocycles. The summed E-state index contributed by atoms with van der Waals surface area (Å²) in [6, 6.07) is 14.6. The number of hydrogen-bond donors (Lipinski definition) is 0. The van der Waals surface area contributed by atoms with Crippen LogP contribution in [0.2, 0.25) is 0 Å². The van der Waals surface area contributed by atoms with E-state index in [9.17, 15) is 9.59 Å². The van der Waals surface area contributed by atoms with Crippen LogP contribution in [-0.4, -0.2) is 51.6 Å². The summed E-state index contributed by atoms with van der Waals surface area (Å²) in [5.74, 6) is 1.71. The lowest BCUT2D eigenvalue weighted by atomic mass is 9.73. The van der Waals surface area contributed by atoms with Crippen LogP contribution in [0.5, 0.6) is 0 Å². The summed E-state index contributed by atoms with van der Waals surface area (Å²) in [6.45, 7) is 5.73. The molecule has 3 heterocycles. The van der Waals surface area contributed by atoms with E-state index in [0.717, 1.165) is 42.9 Å². The fourth-order valence-corrected chi connectivity index (χ4v) is 8.50. The van der Waals surface area contributed by atoms with Crippen molar-refractivity contribution in [2.75, 3.05) is 25.0 Å². The van der Waals surface area contributed by atoms with Crippen molar-refractivity contribution < 1.29 is 9.59 Å². The molecule has 0 bridgehead atoms. The van der Waals surface area contributed by atoms with Crippen molar-refractivity contribution in [3.63, 3.8) is 0 Å². The van der Waals surface area contributed by atoms with Gasteiger partial charge in [-0.2, -0.15) is 0 Å². The van der Waals surface area contributed by atoms with Crippen molar-refractivity contribution in [2.24, 2.45) is 17.3 Å². The first-order valence-electron chi connectivity index (χ1n) is 16.1. The molecule has 2 aliphatic carbocycles. The van der Waals surface area contributed by atoms with E-state index >= 15 is 0 Å². The Morgan fingerprint density at radius 1 is 0.929 bits per heavy atom. The van der Waals surface area contributed by atoms with E-state index < -0.39 is 0 Å². The van der Waals surface area contributed by atoms with Gasteiger partial charge >= 0.3 is 0 Å². The van der Waals surface area contributed by atoms with Gasteiger partial charge in [0, 0.05) is 43.2 Å². The quantitative estimate of drug-likeness (QED) is 0.344. The highest BCUT2D eigenvalue weighted by Gasteiger charge is 2.42. The number of benzene rings is 2. The van der Waals surface area contributed by atoms with Crippen LogP contribution in [-0.2, 0) is 4.79 Å². The number of aromatic nitrogens is 3. The minimum atomic E-state index is -0.0734. The molecule has 2 saturated carbocycles. The van der Waals surface area contributed by atoms with Crippen LogP contribution in [0.3, 0.4) is 0 Å². The SMILES string of the molecule is Cc1ccc(-n2nc(C(=O)N3CCC4(CCCC4)CC3)nc2-c2ccc3c(c2)C(C2CCCC2)[C@H](C)C(=O)N3C)cc1. The Morgan fingerprint density at radius 3 is 2.31 bits per heavy atom. The topological polar surface area (TPSA) is 71.3 Å². The Labute approximate surface area is 249 Å². The first-order valence-corrected chi connectivity index (χ1v) is 16.1. The lowest BCUT2D eigenvalue weighted by molar-refractivity contribution is -0.123. The van der Waals surface area contributed by atoms with E-state index in [1.807, 2.05) is 39.7 Å². The number of rotatable bonds is 4. The Balaban J connectivity index is 1.27. The number of carbonyl (C=O) groups is 2. The summed E-state index contributed by atoms with van der Waals surface area (Å²) in [5, 5.41) is 4.85. The van der Waals surface area contributed by atoms with Crippen LogP contribution in [0, 0.1) is 24.2 Å². The van der Waals surface area contributed by atoms with Gasteiger partial charge in [0.2, 0.25) is 11.7 Å². The molecule has 1 spiro atoms. The zero-order valence-corrected chi connectivity index (χ0v) is 25.3. The smallest absolute Gasteiger partial charge is 0.293 e. The summed E-state index contributed by atoms with van der Waals surface area (Å²) in [5.41, 5.74) is 5.64. The highest BCUT2D eigenvalue weighted by molar-refractivity contribution is 5.99. The lowest BCUT2D eigenvalue weighted by Gasteiger charge is -2.39. The second kappa shape index (κ2) is 10.7. The number of piperidine rings is 1. The number of hydrogen-bond acceptors (Lipinski definition) is 4. The van der Waals surface area contributed by atoms with Crippen LogP contribution in [0.1, 0.15) is 98.8 Å². The van der Waals surface area contributed by atoms with Gasteiger partial charge in [-0.3, -0.25) is 9.59 Å². The molecule has 4 aliphatic rings. The molecule has 7 heteroatoms. The first kappa shape index (κ1) is 27.4. The second-order valence-electron chi connectivity index (χ2n) is 13.5. The fourth-order valence-electron chi connectivity index (χ4n) is 8.50. The van der Waals surface area contributed by atoms with Gasteiger partial charge in [0.15, 0.2) is 5.82 Å². The summed E-state index contributed by atoms with van der Waals surface area (Å²) in [7, 11) is 1.89. The third-order valence-corrected chi connectivity index (χ3v) is 11.0. The third kappa shape index (κ3) is 4.65. The zero-order chi connectivity index (χ0) is 29.0. The Bertz CT molecular complexity index is 1490. The summed E-state index contributed by atoms with van der Waals surface area (Å²) in [4.78, 5) is 35.8. The summed E-state index contributed by atoms with van der Waals surface area (Å²) in [6.07, 6.45) is 12.2. The van der Waals surface area contributed by atoms with Crippen LogP contribution in [0.4, 0.5) is 5.69 Å². The van der Waals surface area contributed by atoms with E-state index in [4.69, 9.17) is 10.1 Å². The molecule has 7 nitrogen and oxygen atoms in total. The van der Waals surface area contributed by atoms with Crippen LogP contribution in [0.25, 0.3) is 17.1 Å². The fraction of sp³-hybridized carbons (Fsp3) is 0.543. The predicted molar refractivity (Wildman–Crippen MR) is 165 cm³/mol. The molecule has 2 atom stereocenters. The molecule has 220 valence electrons. The average molecular weight is 566 g/mol. The molecular formula is C35H43N5O2. The molecule has 3 aromatic rings. The maximum Gasteiger partial charge on any atom is 0.293 e. The second-order valence-corrected chi connectivity index (χ2v) is 13.5. The van der Waals surface area contributed by atoms with E-state index in [2.05, 4.69) is 38.1 Å². The van der Waals surface area contributed by atoms with E-state index in [-0.39, 0.29) is 29.5 Å². The van der Waals surface area contributed by atoms with Gasteiger partial charge in [-0.25, -0.2) is 9.67 Å². The summed E-state index contributed by atoms with van der Waals surface area (Å²) < 4.78 is 1.84. The summed E-state index contributed by atoms with van der Waals surface area (Å²) >= 11 is 0. The van der Waals surface area contributed by atoms with E-state index in [1.54, 1.807) is 0 Å². The van der Waals surface area contributed by atoms with Gasteiger partial charge in [-0.1, -0.05) is 50.3 Å². The molecule has 2 amide bonds. The molecule has 7 rings (SSSR count). The molecule has 2 aliphatic heterocycles. The number of carbonyl (C=O) groups excluding carboxylic acids is 2. The minimum absolute atomic E-state index is 0.0600. The molecular weight excluding hydrogens is 522 g/mol. The average Bonchev–Trinajstić information content (AvgIpc) is 3.79. The number of likely N-dealkylation sites (tertiary alicyclic amines) is 1. The molecule has 3 fully saturated rings. The molecule has 1 saturated heterocycles. The van der Waals surface area contributed by atoms with E-state index in [0.29, 0.717) is 17.2 Å². The van der Waals surface area contributed by atoms with Gasteiger partial charge < -0.3 is 9.80 Å². The van der Waals surface area contributed by atoms with Crippen molar-refractivity contribution >= 4 is 17.5 Å². The molecule has 0 radical (unpaired) electrons. The van der Waals surface area contributed by atoms with Gasteiger partial charge in [0.05, 0.1) is 5.69 Å². The highest BCUT2D eigenvalue weighted by Crippen LogP contribution is 2.49. The monoisotopic (exact) mass is 565 g/mol. The van der Waals surface area contributed by atoms with Crippen molar-refractivity contribution in [1.29, 1.82) is 0 Å². The lowest BCUT2D eigenvalue weighted by Crippen LogP contribution is -2.42. The number of nitrogens with zero attached hydrogens (tertiary/aromatic N) is 5. The Kier molecular flexibility index (Phi) is 6.94. The predicted octanol–water partition coefficient (Wildman–Crippen LogP) is 6.93. The number of amides is 2. The van der Waals surface area contributed by atoms with Gasteiger partial charge in [-0.15, -0.1) is 5.10 Å². The number of fused-ring (bicyclic) bond motifs is 1. The third-order valence-electron chi connectivity index (χ3n) is 11.0. The van der Waals surface area contributed by atoms with Gasteiger partial charge in [-0.05, 0) is 92.7 Å². The van der Waals surface area contributed by atoms with Crippen LogP contribution in [0.15, 0.2) is 42.5 Å². The van der Waals surface area contributed by atoms with Crippen molar-refractivity contribution in [1.82, 2.24) is 19.7 Å². The minimum Gasteiger partial charge on any atom is -0.336 e. The Morgan fingerprint density at radius 2 is 1.62 bits per heavy atom. The molecule has 0 N–H and O–H groups in total. The Hall–Kier alpha value is -3.48. The number of aryl methyl sites for hydroxylation is 1. The van der Waals surface area contributed by atoms with Crippen LogP contribution < -0.4 is 4.90 Å². The maximum absolute atomic E-state index is 13.8. The highest BCUT2D eigenvalue weighted by atomic mass is 16.2. The number of anilines is 1. The first-order chi connectivity index (χ1) is 20.3. The van der Waals surface area contributed by atoms with E-state index in [1.165, 1.54) is 62.5 Å². The van der Waals surface area contributed by atoms with Gasteiger partial charge in [0.1, 0.15) is 0 Å². The van der Waals surface area contributed by atoms with Crippen molar-refractivity contribution in [2.45, 2.75) is 84.0 Å². The van der Waals surface area contributed by atoms with Gasteiger partial charge in [0.25, 0.3) is 5.91 Å².